The lowest BCUT2D eigenvalue weighted by atomic mass is 10.2. The quantitative estimate of drug-likeness (QED) is 0.850. The molecular formula is C14H17N3O3S2. The molecular weight excluding hydrogens is 322 g/mol. The number of aromatic nitrogens is 2. The van der Waals surface area contributed by atoms with Gasteiger partial charge in [-0.05, 0) is 18.4 Å². The van der Waals surface area contributed by atoms with Crippen LogP contribution in [0, 0.1) is 0 Å². The Balaban J connectivity index is 1.82. The average molecular weight is 339 g/mol. The van der Waals surface area contributed by atoms with Crippen molar-refractivity contribution in [1.29, 1.82) is 0 Å². The molecule has 0 radical (unpaired) electrons. The Morgan fingerprint density at radius 1 is 1.59 bits per heavy atom. The van der Waals surface area contributed by atoms with Crippen LogP contribution in [0.1, 0.15) is 12.7 Å². The number of carbonyl (C=O) groups is 1. The number of fused-ring (bicyclic) bond motifs is 1. The van der Waals surface area contributed by atoms with Gasteiger partial charge in [0.1, 0.15) is 16.6 Å². The van der Waals surface area contributed by atoms with Gasteiger partial charge in [0.25, 0.3) is 5.56 Å². The summed E-state index contributed by atoms with van der Waals surface area (Å²) in [4.78, 5) is 33.4. The molecule has 1 N–H and O–H groups in total. The van der Waals surface area contributed by atoms with Crippen LogP contribution in [0.4, 0.5) is 0 Å². The molecule has 6 nitrogen and oxygen atoms in total. The van der Waals surface area contributed by atoms with Crippen molar-refractivity contribution in [2.24, 2.45) is 0 Å². The highest BCUT2D eigenvalue weighted by atomic mass is 32.2. The van der Waals surface area contributed by atoms with E-state index in [1.54, 1.807) is 11.8 Å². The third-order valence-corrected chi connectivity index (χ3v) is 5.44. The second kappa shape index (κ2) is 6.80. The number of hydrogen-bond acceptors (Lipinski definition) is 7. The predicted molar refractivity (Wildman–Crippen MR) is 88.4 cm³/mol. The third kappa shape index (κ3) is 3.18. The number of esters is 1. The van der Waals surface area contributed by atoms with Gasteiger partial charge >= 0.3 is 5.97 Å². The molecule has 3 heterocycles. The number of thiophene rings is 1. The maximum absolute atomic E-state index is 12.1. The van der Waals surface area contributed by atoms with Crippen molar-refractivity contribution in [2.75, 3.05) is 24.7 Å². The van der Waals surface area contributed by atoms with Crippen molar-refractivity contribution in [3.8, 4) is 0 Å². The SMILES string of the molecule is CCOC(=O)[C@H]1CSCCN1Cc1nc2ccsc2c(=O)[nH]1. The first-order valence-electron chi connectivity index (χ1n) is 7.14. The molecule has 8 heteroatoms. The van der Waals surface area contributed by atoms with Crippen LogP contribution in [0.15, 0.2) is 16.2 Å². The first kappa shape index (κ1) is 15.5. The molecule has 0 bridgehead atoms. The van der Waals surface area contributed by atoms with E-state index in [2.05, 4.69) is 9.97 Å². The highest BCUT2D eigenvalue weighted by Gasteiger charge is 2.30. The summed E-state index contributed by atoms with van der Waals surface area (Å²) in [5, 5.41) is 1.86. The van der Waals surface area contributed by atoms with Gasteiger partial charge in [-0.15, -0.1) is 11.3 Å². The first-order valence-corrected chi connectivity index (χ1v) is 9.17. The van der Waals surface area contributed by atoms with E-state index in [1.165, 1.54) is 11.3 Å². The molecule has 0 saturated carbocycles. The Kier molecular flexibility index (Phi) is 4.80. The van der Waals surface area contributed by atoms with Crippen LogP contribution in [0.2, 0.25) is 0 Å². The molecule has 2 aromatic heterocycles. The van der Waals surface area contributed by atoms with Crippen LogP contribution in [0.25, 0.3) is 10.2 Å². The van der Waals surface area contributed by atoms with Gasteiger partial charge in [0.05, 0.1) is 18.7 Å². The van der Waals surface area contributed by atoms with Crippen LogP contribution in [-0.2, 0) is 16.1 Å². The largest absolute Gasteiger partial charge is 0.465 e. The average Bonchev–Trinajstić information content (AvgIpc) is 2.97. The van der Waals surface area contributed by atoms with Gasteiger partial charge in [-0.3, -0.25) is 14.5 Å². The normalized spacial score (nSPS) is 19.4. The molecule has 1 atom stereocenters. The minimum absolute atomic E-state index is 0.117. The van der Waals surface area contributed by atoms with Crippen LogP contribution in [0.5, 0.6) is 0 Å². The van der Waals surface area contributed by atoms with E-state index in [4.69, 9.17) is 4.74 Å². The van der Waals surface area contributed by atoms with Crippen molar-refractivity contribution in [3.63, 3.8) is 0 Å². The zero-order chi connectivity index (χ0) is 15.5. The van der Waals surface area contributed by atoms with Gasteiger partial charge in [-0.1, -0.05) is 0 Å². The number of rotatable bonds is 4. The smallest absolute Gasteiger partial charge is 0.324 e. The number of hydrogen-bond donors (Lipinski definition) is 1. The highest BCUT2D eigenvalue weighted by Crippen LogP contribution is 2.20. The zero-order valence-electron chi connectivity index (χ0n) is 12.2. The van der Waals surface area contributed by atoms with E-state index in [9.17, 15) is 9.59 Å². The Bertz CT molecular complexity index is 727. The number of H-pyrrole nitrogens is 1. The summed E-state index contributed by atoms with van der Waals surface area (Å²) in [6.07, 6.45) is 0. The number of aromatic amines is 1. The van der Waals surface area contributed by atoms with Gasteiger partial charge in [-0.2, -0.15) is 11.8 Å². The number of carbonyl (C=O) groups excluding carboxylic acids is 1. The molecule has 0 amide bonds. The fourth-order valence-electron chi connectivity index (χ4n) is 2.47. The van der Waals surface area contributed by atoms with Gasteiger partial charge < -0.3 is 9.72 Å². The monoisotopic (exact) mass is 339 g/mol. The van der Waals surface area contributed by atoms with Gasteiger partial charge in [0, 0.05) is 18.1 Å². The zero-order valence-corrected chi connectivity index (χ0v) is 13.8. The molecule has 1 aliphatic heterocycles. The summed E-state index contributed by atoms with van der Waals surface area (Å²) in [6.45, 7) is 3.41. The highest BCUT2D eigenvalue weighted by molar-refractivity contribution is 7.99. The minimum atomic E-state index is -0.276. The van der Waals surface area contributed by atoms with E-state index < -0.39 is 0 Å². The molecule has 118 valence electrons. The van der Waals surface area contributed by atoms with E-state index in [0.717, 1.165) is 12.3 Å². The van der Waals surface area contributed by atoms with Crippen LogP contribution in [-0.4, -0.2) is 51.5 Å². The fourth-order valence-corrected chi connectivity index (χ4v) is 4.30. The molecule has 0 aliphatic carbocycles. The minimum Gasteiger partial charge on any atom is -0.465 e. The van der Waals surface area contributed by atoms with Crippen molar-refractivity contribution in [1.82, 2.24) is 14.9 Å². The first-order chi connectivity index (χ1) is 10.7. The lowest BCUT2D eigenvalue weighted by molar-refractivity contribution is -0.149. The number of nitrogens with zero attached hydrogens (tertiary/aromatic N) is 2. The van der Waals surface area contributed by atoms with Crippen LogP contribution in [0.3, 0.4) is 0 Å². The lowest BCUT2D eigenvalue weighted by Gasteiger charge is -2.33. The molecule has 2 aromatic rings. The molecule has 3 rings (SSSR count). The van der Waals surface area contributed by atoms with Crippen molar-refractivity contribution in [3.05, 3.63) is 27.6 Å². The third-order valence-electron chi connectivity index (χ3n) is 3.51. The fraction of sp³-hybridized carbons (Fsp3) is 0.500. The van der Waals surface area contributed by atoms with Gasteiger partial charge in [0.2, 0.25) is 0 Å². The summed E-state index contributed by atoms with van der Waals surface area (Å²) < 4.78 is 5.79. The van der Waals surface area contributed by atoms with E-state index in [1.807, 2.05) is 23.3 Å². The topological polar surface area (TPSA) is 75.3 Å². The molecule has 1 aliphatic rings. The van der Waals surface area contributed by atoms with Crippen molar-refractivity contribution < 1.29 is 9.53 Å². The Labute approximate surface area is 135 Å². The van der Waals surface area contributed by atoms with E-state index in [0.29, 0.717) is 34.9 Å². The molecule has 0 aromatic carbocycles. The molecule has 22 heavy (non-hydrogen) atoms. The number of nitrogens with one attached hydrogen (secondary N) is 1. The molecule has 1 saturated heterocycles. The van der Waals surface area contributed by atoms with Gasteiger partial charge in [0.15, 0.2) is 0 Å². The van der Waals surface area contributed by atoms with E-state index >= 15 is 0 Å². The summed E-state index contributed by atoms with van der Waals surface area (Å²) in [7, 11) is 0. The van der Waals surface area contributed by atoms with Crippen LogP contribution < -0.4 is 5.56 Å². The number of ether oxygens (including phenoxy) is 1. The summed E-state index contributed by atoms with van der Waals surface area (Å²) >= 11 is 3.13. The second-order valence-electron chi connectivity index (χ2n) is 4.96. The Morgan fingerprint density at radius 2 is 2.45 bits per heavy atom. The Morgan fingerprint density at radius 3 is 3.27 bits per heavy atom. The predicted octanol–water partition coefficient (Wildman–Crippen LogP) is 1.47. The molecule has 0 unspecified atom stereocenters. The summed E-state index contributed by atoms with van der Waals surface area (Å²) in [6, 6.07) is 1.57. The van der Waals surface area contributed by atoms with Gasteiger partial charge in [-0.25, -0.2) is 4.98 Å². The number of thioether (sulfide) groups is 1. The summed E-state index contributed by atoms with van der Waals surface area (Å²) in [5.41, 5.74) is 0.594. The standard InChI is InChI=1S/C14H17N3O3S2/c1-2-20-14(19)10-8-21-6-4-17(10)7-11-15-9-3-5-22-12(9)13(18)16-11/h3,5,10H,2,4,6-8H2,1H3,(H,15,16,18)/t10-/m1/s1. The maximum Gasteiger partial charge on any atom is 0.324 e. The van der Waals surface area contributed by atoms with E-state index in [-0.39, 0.29) is 17.6 Å². The molecule has 1 fully saturated rings. The van der Waals surface area contributed by atoms with Crippen molar-refractivity contribution >= 4 is 39.3 Å². The summed E-state index contributed by atoms with van der Waals surface area (Å²) in [5.74, 6) is 2.07. The molecule has 0 spiro atoms. The maximum atomic E-state index is 12.1. The van der Waals surface area contributed by atoms with Crippen molar-refractivity contribution in [2.45, 2.75) is 19.5 Å². The van der Waals surface area contributed by atoms with Crippen LogP contribution >= 0.6 is 23.1 Å². The lowest BCUT2D eigenvalue weighted by Crippen LogP contribution is -2.47. The second-order valence-corrected chi connectivity index (χ2v) is 7.03. The Hall–Kier alpha value is -1.38.